The molecule has 0 saturated heterocycles. The third-order valence-corrected chi connectivity index (χ3v) is 13.9. The van der Waals surface area contributed by atoms with Gasteiger partial charge >= 0.3 is 17.9 Å². The molecule has 0 aromatic rings. The van der Waals surface area contributed by atoms with Crippen LogP contribution in [0.5, 0.6) is 0 Å². The summed E-state index contributed by atoms with van der Waals surface area (Å²) in [6.45, 7) is 6.49. The first-order chi connectivity index (χ1) is 36.5. The highest BCUT2D eigenvalue weighted by Crippen LogP contribution is 2.17. The Bertz CT molecular complexity index is 1370. The van der Waals surface area contributed by atoms with Gasteiger partial charge in [-0.25, -0.2) is 0 Å². The van der Waals surface area contributed by atoms with Crippen molar-refractivity contribution in [2.75, 3.05) is 13.2 Å². The van der Waals surface area contributed by atoms with Crippen LogP contribution in [0.15, 0.2) is 72.9 Å². The van der Waals surface area contributed by atoms with Crippen molar-refractivity contribution in [3.8, 4) is 0 Å². The van der Waals surface area contributed by atoms with Crippen LogP contribution in [0.3, 0.4) is 0 Å². The first-order valence-corrected chi connectivity index (χ1v) is 31.9. The van der Waals surface area contributed by atoms with E-state index in [0.29, 0.717) is 19.3 Å². The van der Waals surface area contributed by atoms with Gasteiger partial charge in [0.25, 0.3) is 0 Å². The van der Waals surface area contributed by atoms with Crippen molar-refractivity contribution in [3.05, 3.63) is 72.9 Å². The summed E-state index contributed by atoms with van der Waals surface area (Å²) >= 11 is 0. The standard InChI is InChI=1S/C68H120O6/c1-4-7-10-13-16-19-22-25-27-29-31-33-34-35-37-38-40-43-46-49-52-55-58-61-67(70)73-64-65(63-72-66(69)60-57-54-51-48-45-42-24-21-18-15-12-9-6-3)74-68(71)62-59-56-53-50-47-44-41-39-36-32-30-28-26-23-20-17-14-11-8-5-2/h7,10,12,15-16,19,21,24-25,27,31,33,65H,4-6,8-9,11,13-14,17-18,20,22-23,26,28-30,32,34-64H2,1-3H3/b10-7-,15-12-,19-16-,24-21-,27-25-,33-31-. The molecule has 0 radical (unpaired) electrons. The fourth-order valence-corrected chi connectivity index (χ4v) is 9.18. The normalized spacial score (nSPS) is 12.5. The highest BCUT2D eigenvalue weighted by Gasteiger charge is 2.19. The number of esters is 3. The number of allylic oxidation sites excluding steroid dienone is 12. The Morgan fingerprint density at radius 3 is 0.878 bits per heavy atom. The molecule has 0 saturated carbocycles. The van der Waals surface area contributed by atoms with Crippen LogP contribution in [0.2, 0.25) is 0 Å². The van der Waals surface area contributed by atoms with E-state index in [0.717, 1.165) is 109 Å². The summed E-state index contributed by atoms with van der Waals surface area (Å²) in [6, 6.07) is 0. The van der Waals surface area contributed by atoms with Crippen molar-refractivity contribution in [1.82, 2.24) is 0 Å². The van der Waals surface area contributed by atoms with Gasteiger partial charge in [0.2, 0.25) is 0 Å². The Kier molecular flexibility index (Phi) is 59.7. The van der Waals surface area contributed by atoms with E-state index in [1.165, 1.54) is 173 Å². The summed E-state index contributed by atoms with van der Waals surface area (Å²) in [5, 5.41) is 0. The van der Waals surface area contributed by atoms with Crippen molar-refractivity contribution in [3.63, 3.8) is 0 Å². The molecule has 0 aliphatic carbocycles. The Labute approximate surface area is 459 Å². The van der Waals surface area contributed by atoms with Crippen LogP contribution in [0, 0.1) is 0 Å². The van der Waals surface area contributed by atoms with Gasteiger partial charge in [0.1, 0.15) is 13.2 Å². The number of unbranched alkanes of at least 4 members (excludes halogenated alkanes) is 35. The van der Waals surface area contributed by atoms with Gasteiger partial charge in [0.15, 0.2) is 6.10 Å². The zero-order valence-corrected chi connectivity index (χ0v) is 49.1. The van der Waals surface area contributed by atoms with E-state index in [1.807, 2.05) is 0 Å². The molecule has 6 heteroatoms. The van der Waals surface area contributed by atoms with Crippen molar-refractivity contribution in [2.24, 2.45) is 0 Å². The van der Waals surface area contributed by atoms with Gasteiger partial charge in [-0.15, -0.1) is 0 Å². The van der Waals surface area contributed by atoms with Crippen LogP contribution in [-0.4, -0.2) is 37.2 Å². The Morgan fingerprint density at radius 2 is 0.554 bits per heavy atom. The molecule has 1 atom stereocenters. The molecule has 1 unspecified atom stereocenters. The number of rotatable bonds is 58. The number of carbonyl (C=O) groups excluding carboxylic acids is 3. The molecule has 0 bridgehead atoms. The predicted molar refractivity (Wildman–Crippen MR) is 321 cm³/mol. The average Bonchev–Trinajstić information content (AvgIpc) is 3.40. The molecule has 0 heterocycles. The Balaban J connectivity index is 4.31. The van der Waals surface area contributed by atoms with Crippen molar-refractivity contribution < 1.29 is 28.6 Å². The van der Waals surface area contributed by atoms with E-state index >= 15 is 0 Å². The van der Waals surface area contributed by atoms with Crippen LogP contribution in [-0.2, 0) is 28.6 Å². The summed E-state index contributed by atoms with van der Waals surface area (Å²) in [4.78, 5) is 38.3. The lowest BCUT2D eigenvalue weighted by Crippen LogP contribution is -2.30. The fourth-order valence-electron chi connectivity index (χ4n) is 9.18. The lowest BCUT2D eigenvalue weighted by molar-refractivity contribution is -0.167. The molecule has 0 aliphatic heterocycles. The first kappa shape index (κ1) is 70.8. The van der Waals surface area contributed by atoms with Gasteiger partial charge in [-0.1, -0.05) is 293 Å². The quantitative estimate of drug-likeness (QED) is 0.0261. The summed E-state index contributed by atoms with van der Waals surface area (Å²) in [6.07, 6.45) is 80.5. The number of hydrogen-bond acceptors (Lipinski definition) is 6. The van der Waals surface area contributed by atoms with Gasteiger partial charge in [0, 0.05) is 19.3 Å². The van der Waals surface area contributed by atoms with E-state index < -0.39 is 6.10 Å². The van der Waals surface area contributed by atoms with Gasteiger partial charge in [-0.2, -0.15) is 0 Å². The summed E-state index contributed by atoms with van der Waals surface area (Å²) in [5.41, 5.74) is 0. The number of ether oxygens (including phenoxy) is 3. The molecule has 74 heavy (non-hydrogen) atoms. The van der Waals surface area contributed by atoms with Gasteiger partial charge in [-0.05, 0) is 83.5 Å². The molecular weight excluding hydrogens is 913 g/mol. The summed E-state index contributed by atoms with van der Waals surface area (Å²) < 4.78 is 16.9. The molecular formula is C68H120O6. The van der Waals surface area contributed by atoms with E-state index in [4.69, 9.17) is 14.2 Å². The molecule has 0 aliphatic rings. The molecule has 0 rings (SSSR count). The smallest absolute Gasteiger partial charge is 0.306 e. The minimum absolute atomic E-state index is 0.0793. The molecule has 0 amide bonds. The number of carbonyl (C=O) groups is 3. The van der Waals surface area contributed by atoms with Gasteiger partial charge in [0.05, 0.1) is 0 Å². The second-order valence-corrected chi connectivity index (χ2v) is 21.3. The minimum Gasteiger partial charge on any atom is -0.462 e. The molecule has 0 fully saturated rings. The molecule has 428 valence electrons. The lowest BCUT2D eigenvalue weighted by Gasteiger charge is -2.18. The van der Waals surface area contributed by atoms with Crippen LogP contribution < -0.4 is 0 Å². The molecule has 0 aromatic carbocycles. The summed E-state index contributed by atoms with van der Waals surface area (Å²) in [7, 11) is 0. The van der Waals surface area contributed by atoms with Crippen molar-refractivity contribution in [1.29, 1.82) is 0 Å². The Morgan fingerprint density at radius 1 is 0.284 bits per heavy atom. The second kappa shape index (κ2) is 62.4. The number of hydrogen-bond donors (Lipinski definition) is 0. The molecule has 0 spiro atoms. The van der Waals surface area contributed by atoms with Crippen LogP contribution in [0.25, 0.3) is 0 Å². The third-order valence-electron chi connectivity index (χ3n) is 13.9. The highest BCUT2D eigenvalue weighted by atomic mass is 16.6. The third kappa shape index (κ3) is 59.7. The average molecular weight is 1030 g/mol. The first-order valence-electron chi connectivity index (χ1n) is 31.9. The minimum atomic E-state index is -0.782. The predicted octanol–water partition coefficient (Wildman–Crippen LogP) is 21.7. The van der Waals surface area contributed by atoms with E-state index in [1.54, 1.807) is 0 Å². The zero-order chi connectivity index (χ0) is 53.6. The van der Waals surface area contributed by atoms with E-state index in [-0.39, 0.29) is 31.1 Å². The Hall–Kier alpha value is -3.15. The maximum atomic E-state index is 12.9. The summed E-state index contributed by atoms with van der Waals surface area (Å²) in [5.74, 6) is -0.881. The second-order valence-electron chi connectivity index (χ2n) is 21.3. The molecule has 0 aromatic heterocycles. The van der Waals surface area contributed by atoms with E-state index in [9.17, 15) is 14.4 Å². The van der Waals surface area contributed by atoms with Crippen molar-refractivity contribution in [2.45, 2.75) is 329 Å². The highest BCUT2D eigenvalue weighted by molar-refractivity contribution is 5.71. The van der Waals surface area contributed by atoms with Gasteiger partial charge < -0.3 is 14.2 Å². The molecule has 6 nitrogen and oxygen atoms in total. The van der Waals surface area contributed by atoms with E-state index in [2.05, 4.69) is 93.7 Å². The molecule has 0 N–H and O–H groups in total. The van der Waals surface area contributed by atoms with Crippen LogP contribution >= 0.6 is 0 Å². The fraction of sp³-hybridized carbons (Fsp3) is 0.779. The van der Waals surface area contributed by atoms with Gasteiger partial charge in [-0.3, -0.25) is 14.4 Å². The lowest BCUT2D eigenvalue weighted by atomic mass is 10.0. The monoisotopic (exact) mass is 1030 g/mol. The van der Waals surface area contributed by atoms with Crippen LogP contribution in [0.1, 0.15) is 323 Å². The SMILES string of the molecule is CC/C=C\C/C=C\C/C=C\C/C=C\CCCCCCCCCCCCC(=O)OCC(COC(=O)CCCCCCC/C=C\C/C=C\CCC)OC(=O)CCCCCCCCCCCCCCCCCCCCCC. The zero-order valence-electron chi connectivity index (χ0n) is 49.1. The maximum Gasteiger partial charge on any atom is 0.306 e. The topological polar surface area (TPSA) is 78.9 Å². The van der Waals surface area contributed by atoms with Crippen molar-refractivity contribution >= 4 is 17.9 Å². The largest absolute Gasteiger partial charge is 0.462 e. The maximum absolute atomic E-state index is 12.9. The van der Waals surface area contributed by atoms with Crippen LogP contribution in [0.4, 0.5) is 0 Å².